The highest BCUT2D eigenvalue weighted by molar-refractivity contribution is 5.22. The van der Waals surface area contributed by atoms with Gasteiger partial charge in [-0.2, -0.15) is 0 Å². The fraction of sp³-hybridized carbons (Fsp3) is 0.571. The molecule has 0 amide bonds. The Balaban J connectivity index is 2.62. The zero-order chi connectivity index (χ0) is 13.1. The fourth-order valence-electron chi connectivity index (χ4n) is 1.65. The maximum atomic E-state index is 13.1. The van der Waals surface area contributed by atoms with Crippen molar-refractivity contribution in [3.05, 3.63) is 35.6 Å². The molecule has 1 aromatic carbocycles. The van der Waals surface area contributed by atoms with Gasteiger partial charge in [0, 0.05) is 5.54 Å². The van der Waals surface area contributed by atoms with E-state index in [0.29, 0.717) is 18.5 Å². The Morgan fingerprint density at radius 3 is 2.41 bits per heavy atom. The van der Waals surface area contributed by atoms with E-state index < -0.39 is 5.60 Å². The van der Waals surface area contributed by atoms with Crippen molar-refractivity contribution in [1.29, 1.82) is 0 Å². The summed E-state index contributed by atoms with van der Waals surface area (Å²) in [5.41, 5.74) is -0.355. The van der Waals surface area contributed by atoms with Crippen LogP contribution in [0.5, 0.6) is 0 Å². The third-order valence-electron chi connectivity index (χ3n) is 2.71. The molecule has 2 N–H and O–H groups in total. The minimum Gasteiger partial charge on any atom is -0.385 e. The maximum absolute atomic E-state index is 13.1. The molecule has 2 nitrogen and oxygen atoms in total. The van der Waals surface area contributed by atoms with E-state index >= 15 is 0 Å². The molecule has 0 saturated heterocycles. The summed E-state index contributed by atoms with van der Waals surface area (Å²) in [7, 11) is 0. The van der Waals surface area contributed by atoms with Gasteiger partial charge in [0.15, 0.2) is 0 Å². The highest BCUT2D eigenvalue weighted by Gasteiger charge is 2.23. The predicted molar refractivity (Wildman–Crippen MR) is 68.3 cm³/mol. The minimum atomic E-state index is -1.000. The van der Waals surface area contributed by atoms with Gasteiger partial charge in [0.25, 0.3) is 0 Å². The molecule has 1 unspecified atom stereocenters. The molecule has 96 valence electrons. The molecule has 1 aromatic rings. The lowest BCUT2D eigenvalue weighted by Gasteiger charge is -2.27. The molecule has 0 spiro atoms. The fourth-order valence-corrected chi connectivity index (χ4v) is 1.65. The van der Waals surface area contributed by atoms with Crippen molar-refractivity contribution in [3.8, 4) is 0 Å². The summed E-state index contributed by atoms with van der Waals surface area (Å²) in [5.74, 6) is -0.313. The van der Waals surface area contributed by atoms with Crippen molar-refractivity contribution in [2.45, 2.75) is 45.3 Å². The number of rotatable bonds is 4. The zero-order valence-electron chi connectivity index (χ0n) is 11.0. The van der Waals surface area contributed by atoms with E-state index in [-0.39, 0.29) is 11.4 Å². The van der Waals surface area contributed by atoms with Crippen molar-refractivity contribution >= 4 is 0 Å². The molecule has 0 bridgehead atoms. The van der Waals surface area contributed by atoms with Gasteiger partial charge in [-0.15, -0.1) is 0 Å². The van der Waals surface area contributed by atoms with Crippen LogP contribution in [-0.4, -0.2) is 17.2 Å². The molecule has 17 heavy (non-hydrogen) atoms. The molecule has 3 heteroatoms. The highest BCUT2D eigenvalue weighted by atomic mass is 19.1. The van der Waals surface area contributed by atoms with Gasteiger partial charge in [0.05, 0.1) is 5.60 Å². The molecule has 0 aliphatic rings. The van der Waals surface area contributed by atoms with Gasteiger partial charge in [-0.1, -0.05) is 12.1 Å². The Hall–Kier alpha value is -0.930. The molecule has 0 radical (unpaired) electrons. The van der Waals surface area contributed by atoms with Crippen LogP contribution in [0.25, 0.3) is 0 Å². The molecule has 0 aromatic heterocycles. The quantitative estimate of drug-likeness (QED) is 0.846. The molecule has 0 aliphatic carbocycles. The third-order valence-corrected chi connectivity index (χ3v) is 2.71. The maximum Gasteiger partial charge on any atom is 0.123 e. The normalized spacial score (nSPS) is 15.6. The SMILES string of the molecule is CC(C)(C)NCCC(C)(O)c1cccc(F)c1. The lowest BCUT2D eigenvalue weighted by atomic mass is 9.92. The van der Waals surface area contributed by atoms with Crippen LogP contribution in [0.4, 0.5) is 4.39 Å². The Morgan fingerprint density at radius 1 is 1.24 bits per heavy atom. The van der Waals surface area contributed by atoms with Crippen molar-refractivity contribution in [2.75, 3.05) is 6.54 Å². The van der Waals surface area contributed by atoms with E-state index in [4.69, 9.17) is 0 Å². The standard InChI is InChI=1S/C14H22FNO/c1-13(2,3)16-9-8-14(4,17)11-6-5-7-12(15)10-11/h5-7,10,16-17H,8-9H2,1-4H3. The third kappa shape index (κ3) is 4.84. The summed E-state index contributed by atoms with van der Waals surface area (Å²) >= 11 is 0. The monoisotopic (exact) mass is 239 g/mol. The van der Waals surface area contributed by atoms with E-state index in [0.717, 1.165) is 0 Å². The van der Waals surface area contributed by atoms with E-state index in [1.54, 1.807) is 19.1 Å². The second-order valence-corrected chi connectivity index (χ2v) is 5.71. The number of hydrogen-bond acceptors (Lipinski definition) is 2. The summed E-state index contributed by atoms with van der Waals surface area (Å²) in [5, 5.41) is 13.6. The second kappa shape index (κ2) is 5.15. The highest BCUT2D eigenvalue weighted by Crippen LogP contribution is 2.24. The van der Waals surface area contributed by atoms with Crippen molar-refractivity contribution in [3.63, 3.8) is 0 Å². The zero-order valence-corrected chi connectivity index (χ0v) is 11.0. The van der Waals surface area contributed by atoms with Crippen LogP contribution in [0.3, 0.4) is 0 Å². The first-order valence-corrected chi connectivity index (χ1v) is 5.94. The first kappa shape index (κ1) is 14.1. The van der Waals surface area contributed by atoms with Gasteiger partial charge in [-0.3, -0.25) is 0 Å². The van der Waals surface area contributed by atoms with Gasteiger partial charge in [-0.25, -0.2) is 4.39 Å². The number of nitrogens with one attached hydrogen (secondary N) is 1. The molecule has 0 saturated carbocycles. The van der Waals surface area contributed by atoms with Crippen LogP contribution in [0.2, 0.25) is 0 Å². The van der Waals surface area contributed by atoms with Gasteiger partial charge in [0.1, 0.15) is 5.82 Å². The lowest BCUT2D eigenvalue weighted by molar-refractivity contribution is 0.0461. The smallest absolute Gasteiger partial charge is 0.123 e. The first-order valence-electron chi connectivity index (χ1n) is 5.94. The minimum absolute atomic E-state index is 0.0258. The van der Waals surface area contributed by atoms with E-state index in [1.165, 1.54) is 12.1 Å². The number of benzene rings is 1. The van der Waals surface area contributed by atoms with E-state index in [1.807, 2.05) is 0 Å². The average molecular weight is 239 g/mol. The van der Waals surface area contributed by atoms with Gasteiger partial charge in [0.2, 0.25) is 0 Å². The summed E-state index contributed by atoms with van der Waals surface area (Å²) in [6.45, 7) is 8.62. The Morgan fingerprint density at radius 2 is 1.88 bits per heavy atom. The second-order valence-electron chi connectivity index (χ2n) is 5.71. The number of halogens is 1. The molecule has 1 rings (SSSR count). The molecule has 0 aliphatic heterocycles. The van der Waals surface area contributed by atoms with Crippen LogP contribution in [0, 0.1) is 5.82 Å². The molecule has 0 fully saturated rings. The largest absolute Gasteiger partial charge is 0.385 e. The van der Waals surface area contributed by atoms with Gasteiger partial charge < -0.3 is 10.4 Å². The molecule has 0 heterocycles. The summed E-state index contributed by atoms with van der Waals surface area (Å²) in [6.07, 6.45) is 0.549. The topological polar surface area (TPSA) is 32.3 Å². The van der Waals surface area contributed by atoms with Gasteiger partial charge in [-0.05, 0) is 58.4 Å². The Kier molecular flexibility index (Phi) is 4.28. The van der Waals surface area contributed by atoms with Gasteiger partial charge >= 0.3 is 0 Å². The summed E-state index contributed by atoms with van der Waals surface area (Å²) in [4.78, 5) is 0. The molecular formula is C14H22FNO. The van der Waals surface area contributed by atoms with Crippen molar-refractivity contribution in [2.24, 2.45) is 0 Å². The van der Waals surface area contributed by atoms with E-state index in [2.05, 4.69) is 26.1 Å². The van der Waals surface area contributed by atoms with Crippen molar-refractivity contribution < 1.29 is 9.50 Å². The Bertz CT molecular complexity index is 369. The molecular weight excluding hydrogens is 217 g/mol. The molecule has 1 atom stereocenters. The number of hydrogen-bond donors (Lipinski definition) is 2. The van der Waals surface area contributed by atoms with Crippen LogP contribution in [0.15, 0.2) is 24.3 Å². The summed E-state index contributed by atoms with van der Waals surface area (Å²) in [6, 6.07) is 6.14. The first-order chi connectivity index (χ1) is 7.71. The summed E-state index contributed by atoms with van der Waals surface area (Å²) < 4.78 is 13.1. The van der Waals surface area contributed by atoms with Crippen LogP contribution < -0.4 is 5.32 Å². The Labute approximate surface area is 103 Å². The number of aliphatic hydroxyl groups is 1. The van der Waals surface area contributed by atoms with Crippen LogP contribution in [-0.2, 0) is 5.60 Å². The lowest BCUT2D eigenvalue weighted by Crippen LogP contribution is -2.39. The van der Waals surface area contributed by atoms with Crippen molar-refractivity contribution in [1.82, 2.24) is 5.32 Å². The predicted octanol–water partition coefficient (Wildman–Crippen LogP) is 2.81. The van der Waals surface area contributed by atoms with E-state index in [9.17, 15) is 9.50 Å². The average Bonchev–Trinajstić information content (AvgIpc) is 2.15. The van der Waals surface area contributed by atoms with Crippen LogP contribution >= 0.6 is 0 Å². The van der Waals surface area contributed by atoms with Crippen LogP contribution in [0.1, 0.15) is 39.7 Å².